The number of ether oxygens (including phenoxy) is 1. The molecule has 0 saturated carbocycles. The van der Waals surface area contributed by atoms with Crippen molar-refractivity contribution in [3.8, 4) is 5.75 Å². The van der Waals surface area contributed by atoms with Crippen molar-refractivity contribution in [1.29, 1.82) is 0 Å². The van der Waals surface area contributed by atoms with Crippen LogP contribution in [0.3, 0.4) is 0 Å². The van der Waals surface area contributed by atoms with Gasteiger partial charge in [0.25, 0.3) is 0 Å². The summed E-state index contributed by atoms with van der Waals surface area (Å²) in [6.45, 7) is 5.89. The van der Waals surface area contributed by atoms with Crippen molar-refractivity contribution < 1.29 is 14.2 Å². The second kappa shape index (κ2) is 13.9. The standard InChI is InChI=1S/C25H35FN2O2.2ClH/c1-3-4-19-30-23-11-9-22(10-12-23)27(2)16-13-25(29)14-17-28(18-15-25)20-21-7-5-6-8-24(21)26;;/h5-12,29H,3-4,13-20H2,1-2H3;2*1H. The topological polar surface area (TPSA) is 35.9 Å². The van der Waals surface area contributed by atoms with E-state index in [0.29, 0.717) is 6.54 Å². The zero-order chi connectivity index (χ0) is 21.4. The molecular weight excluding hydrogens is 450 g/mol. The minimum atomic E-state index is -0.650. The first kappa shape index (κ1) is 28.5. The molecule has 1 aliphatic heterocycles. The van der Waals surface area contributed by atoms with Crippen molar-refractivity contribution >= 4 is 30.5 Å². The lowest BCUT2D eigenvalue weighted by molar-refractivity contribution is -0.0277. The molecule has 1 saturated heterocycles. The molecule has 1 aliphatic rings. The molecule has 0 atom stereocenters. The predicted molar refractivity (Wildman–Crippen MR) is 135 cm³/mol. The smallest absolute Gasteiger partial charge is 0.127 e. The molecule has 0 aromatic heterocycles. The van der Waals surface area contributed by atoms with Crippen LogP contribution in [0.5, 0.6) is 5.75 Å². The van der Waals surface area contributed by atoms with Crippen molar-refractivity contribution in [1.82, 2.24) is 4.90 Å². The summed E-state index contributed by atoms with van der Waals surface area (Å²) in [5.74, 6) is 0.753. The number of halogens is 3. The van der Waals surface area contributed by atoms with Crippen LogP contribution in [-0.2, 0) is 6.54 Å². The van der Waals surface area contributed by atoms with Crippen LogP contribution in [0.2, 0.25) is 0 Å². The number of hydrogen-bond donors (Lipinski definition) is 1. The van der Waals surface area contributed by atoms with Crippen molar-refractivity contribution in [2.45, 2.75) is 51.2 Å². The molecule has 0 unspecified atom stereocenters. The van der Waals surface area contributed by atoms with Crippen molar-refractivity contribution in [2.24, 2.45) is 0 Å². The number of aliphatic hydroxyl groups is 1. The maximum atomic E-state index is 13.9. The van der Waals surface area contributed by atoms with Gasteiger partial charge in [0.2, 0.25) is 0 Å². The zero-order valence-corrected chi connectivity index (χ0v) is 20.8. The third-order valence-electron chi connectivity index (χ3n) is 6.10. The van der Waals surface area contributed by atoms with E-state index in [1.54, 1.807) is 6.07 Å². The lowest BCUT2D eigenvalue weighted by Gasteiger charge is -2.39. The van der Waals surface area contributed by atoms with Gasteiger partial charge in [0.1, 0.15) is 11.6 Å². The number of hydrogen-bond acceptors (Lipinski definition) is 4. The molecule has 2 aromatic carbocycles. The monoisotopic (exact) mass is 486 g/mol. The van der Waals surface area contributed by atoms with E-state index < -0.39 is 5.60 Å². The Labute approximate surface area is 204 Å². The Kier molecular flexibility index (Phi) is 12.4. The normalized spacial score (nSPS) is 15.4. The Morgan fingerprint density at radius 1 is 1.06 bits per heavy atom. The van der Waals surface area contributed by atoms with Crippen LogP contribution < -0.4 is 9.64 Å². The largest absolute Gasteiger partial charge is 0.494 e. The van der Waals surface area contributed by atoms with E-state index >= 15 is 0 Å². The molecule has 1 N–H and O–H groups in total. The van der Waals surface area contributed by atoms with E-state index in [4.69, 9.17) is 4.74 Å². The first-order chi connectivity index (χ1) is 14.5. The van der Waals surface area contributed by atoms with Gasteiger partial charge in [0.15, 0.2) is 0 Å². The zero-order valence-electron chi connectivity index (χ0n) is 19.1. The maximum absolute atomic E-state index is 13.9. The SMILES string of the molecule is CCCCOc1ccc(N(C)CCC2(O)CCN(Cc3ccccc3F)CC2)cc1.Cl.Cl. The second-order valence-electron chi connectivity index (χ2n) is 8.46. The van der Waals surface area contributed by atoms with Gasteiger partial charge in [-0.05, 0) is 56.0 Å². The summed E-state index contributed by atoms with van der Waals surface area (Å²) < 4.78 is 19.6. The Balaban J connectivity index is 0.00000256. The van der Waals surface area contributed by atoms with Gasteiger partial charge < -0.3 is 14.7 Å². The number of likely N-dealkylation sites (tertiary alicyclic amines) is 1. The molecule has 4 nitrogen and oxygen atoms in total. The maximum Gasteiger partial charge on any atom is 0.127 e. The van der Waals surface area contributed by atoms with Gasteiger partial charge in [-0.2, -0.15) is 0 Å². The molecule has 32 heavy (non-hydrogen) atoms. The fourth-order valence-electron chi connectivity index (χ4n) is 3.88. The lowest BCUT2D eigenvalue weighted by atomic mass is 9.88. The van der Waals surface area contributed by atoms with Gasteiger partial charge in [0.05, 0.1) is 12.2 Å². The molecule has 0 radical (unpaired) electrons. The fourth-order valence-corrected chi connectivity index (χ4v) is 3.88. The summed E-state index contributed by atoms with van der Waals surface area (Å²) in [5, 5.41) is 11.0. The lowest BCUT2D eigenvalue weighted by Crippen LogP contribution is -2.45. The number of benzene rings is 2. The van der Waals surface area contributed by atoms with Crippen molar-refractivity contribution in [3.05, 3.63) is 59.9 Å². The molecule has 0 bridgehead atoms. The van der Waals surface area contributed by atoms with E-state index in [1.165, 1.54) is 6.07 Å². The van der Waals surface area contributed by atoms with E-state index in [1.807, 2.05) is 24.3 Å². The highest BCUT2D eigenvalue weighted by Gasteiger charge is 2.32. The van der Waals surface area contributed by atoms with Crippen LogP contribution in [0.15, 0.2) is 48.5 Å². The Morgan fingerprint density at radius 2 is 1.72 bits per heavy atom. The van der Waals surface area contributed by atoms with Gasteiger partial charge in [-0.3, -0.25) is 4.90 Å². The van der Waals surface area contributed by atoms with Gasteiger partial charge in [-0.1, -0.05) is 31.5 Å². The first-order valence-electron chi connectivity index (χ1n) is 11.1. The average molecular weight is 487 g/mol. The minimum absolute atomic E-state index is 0. The highest BCUT2D eigenvalue weighted by atomic mass is 35.5. The number of unbranched alkanes of at least 4 members (excludes halogenated alkanes) is 1. The van der Waals surface area contributed by atoms with Crippen molar-refractivity contribution in [3.63, 3.8) is 0 Å². The quantitative estimate of drug-likeness (QED) is 0.436. The van der Waals surface area contributed by atoms with Crippen LogP contribution in [0.25, 0.3) is 0 Å². The Bertz CT molecular complexity index is 784. The minimum Gasteiger partial charge on any atom is -0.494 e. The molecule has 0 amide bonds. The summed E-state index contributed by atoms with van der Waals surface area (Å²) in [6.07, 6.45) is 4.37. The molecule has 1 fully saturated rings. The van der Waals surface area contributed by atoms with Crippen LogP contribution in [0.4, 0.5) is 10.1 Å². The molecule has 1 heterocycles. The summed E-state index contributed by atoms with van der Waals surface area (Å²) in [4.78, 5) is 4.41. The summed E-state index contributed by atoms with van der Waals surface area (Å²) >= 11 is 0. The number of rotatable bonds is 10. The average Bonchev–Trinajstić information content (AvgIpc) is 2.76. The van der Waals surface area contributed by atoms with Crippen LogP contribution in [0.1, 0.15) is 44.6 Å². The highest BCUT2D eigenvalue weighted by Crippen LogP contribution is 2.28. The summed E-state index contributed by atoms with van der Waals surface area (Å²) in [5.41, 5.74) is 1.20. The third-order valence-corrected chi connectivity index (χ3v) is 6.10. The third kappa shape index (κ3) is 8.43. The highest BCUT2D eigenvalue weighted by molar-refractivity contribution is 5.85. The Morgan fingerprint density at radius 3 is 2.34 bits per heavy atom. The van der Waals surface area contributed by atoms with Gasteiger partial charge in [0, 0.05) is 44.5 Å². The molecular formula is C25H37Cl2FN2O2. The van der Waals surface area contributed by atoms with Gasteiger partial charge in [-0.25, -0.2) is 4.39 Å². The Hall–Kier alpha value is -1.53. The van der Waals surface area contributed by atoms with Gasteiger partial charge >= 0.3 is 0 Å². The van der Waals surface area contributed by atoms with E-state index in [0.717, 1.165) is 75.3 Å². The fraction of sp³-hybridized carbons (Fsp3) is 0.520. The van der Waals surface area contributed by atoms with Crippen LogP contribution in [0, 0.1) is 5.82 Å². The molecule has 0 spiro atoms. The van der Waals surface area contributed by atoms with Gasteiger partial charge in [-0.15, -0.1) is 24.8 Å². The van der Waals surface area contributed by atoms with Crippen LogP contribution >= 0.6 is 24.8 Å². The predicted octanol–water partition coefficient (Wildman–Crippen LogP) is 5.70. The van der Waals surface area contributed by atoms with Crippen molar-refractivity contribution in [2.75, 3.05) is 38.2 Å². The van der Waals surface area contributed by atoms with E-state index in [9.17, 15) is 9.50 Å². The molecule has 3 rings (SSSR count). The number of anilines is 1. The molecule has 7 heteroatoms. The first-order valence-corrected chi connectivity index (χ1v) is 11.1. The number of nitrogens with zero attached hydrogens (tertiary/aromatic N) is 2. The molecule has 2 aromatic rings. The number of piperidine rings is 1. The molecule has 180 valence electrons. The van der Waals surface area contributed by atoms with Crippen LogP contribution in [-0.4, -0.2) is 48.9 Å². The summed E-state index contributed by atoms with van der Waals surface area (Å²) in [7, 11) is 2.06. The second-order valence-corrected chi connectivity index (χ2v) is 8.46. The van der Waals surface area contributed by atoms with E-state index in [-0.39, 0.29) is 30.6 Å². The summed E-state index contributed by atoms with van der Waals surface area (Å²) in [6, 6.07) is 15.1. The molecule has 0 aliphatic carbocycles. The van der Waals surface area contributed by atoms with E-state index in [2.05, 4.69) is 35.9 Å².